The average Bonchev–Trinajstić information content (AvgIpc) is 2.86. The first kappa shape index (κ1) is 14.4. The van der Waals surface area contributed by atoms with Crippen molar-refractivity contribution < 1.29 is 14.3 Å². The number of nitrogens with zero attached hydrogens (tertiary/aromatic N) is 2. The summed E-state index contributed by atoms with van der Waals surface area (Å²) in [6.07, 6.45) is 1.58. The van der Waals surface area contributed by atoms with Gasteiger partial charge in [-0.1, -0.05) is 6.07 Å². The van der Waals surface area contributed by atoms with Crippen molar-refractivity contribution in [2.75, 3.05) is 13.2 Å². The molecule has 2 aromatic rings. The van der Waals surface area contributed by atoms with E-state index in [4.69, 9.17) is 9.47 Å². The summed E-state index contributed by atoms with van der Waals surface area (Å²) in [5.74, 6) is 1.34. The van der Waals surface area contributed by atoms with Crippen LogP contribution in [0.3, 0.4) is 0 Å². The Morgan fingerprint density at radius 1 is 1.32 bits per heavy atom. The monoisotopic (exact) mass is 301 g/mol. The molecule has 1 aromatic heterocycles. The van der Waals surface area contributed by atoms with Crippen molar-refractivity contribution >= 4 is 5.91 Å². The fourth-order valence-electron chi connectivity index (χ4n) is 2.41. The van der Waals surface area contributed by atoms with Crippen LogP contribution in [-0.2, 0) is 7.05 Å². The Kier molecular flexibility index (Phi) is 3.75. The van der Waals surface area contributed by atoms with E-state index in [2.05, 4.69) is 10.4 Å². The van der Waals surface area contributed by atoms with Gasteiger partial charge in [-0.2, -0.15) is 5.10 Å². The van der Waals surface area contributed by atoms with Gasteiger partial charge in [0, 0.05) is 12.7 Å². The molecule has 3 rings (SSSR count). The lowest BCUT2D eigenvalue weighted by Crippen LogP contribution is -2.27. The van der Waals surface area contributed by atoms with E-state index in [1.54, 1.807) is 10.9 Å². The fourth-order valence-corrected chi connectivity index (χ4v) is 2.41. The highest BCUT2D eigenvalue weighted by Gasteiger charge is 2.18. The van der Waals surface area contributed by atoms with Gasteiger partial charge < -0.3 is 14.8 Å². The van der Waals surface area contributed by atoms with Crippen LogP contribution in [0.15, 0.2) is 24.4 Å². The molecule has 0 aliphatic carbocycles. The molecule has 2 heterocycles. The molecule has 0 bridgehead atoms. The number of fused-ring (bicyclic) bond motifs is 1. The summed E-state index contributed by atoms with van der Waals surface area (Å²) >= 11 is 0. The second-order valence-electron chi connectivity index (χ2n) is 5.37. The van der Waals surface area contributed by atoms with E-state index in [9.17, 15) is 4.79 Å². The molecule has 22 heavy (non-hydrogen) atoms. The van der Waals surface area contributed by atoms with E-state index in [1.165, 1.54) is 0 Å². The van der Waals surface area contributed by atoms with Crippen LogP contribution in [0.2, 0.25) is 0 Å². The van der Waals surface area contributed by atoms with Crippen LogP contribution in [0.4, 0.5) is 0 Å². The van der Waals surface area contributed by atoms with Crippen molar-refractivity contribution in [2.24, 2.45) is 7.05 Å². The van der Waals surface area contributed by atoms with Crippen LogP contribution in [0.1, 0.15) is 34.6 Å². The summed E-state index contributed by atoms with van der Waals surface area (Å²) in [6.45, 7) is 4.93. The minimum absolute atomic E-state index is 0.131. The third kappa shape index (κ3) is 2.64. The number of aryl methyl sites for hydroxylation is 1. The van der Waals surface area contributed by atoms with Gasteiger partial charge in [0.25, 0.3) is 5.91 Å². The maximum atomic E-state index is 12.3. The van der Waals surface area contributed by atoms with Crippen LogP contribution < -0.4 is 14.8 Å². The molecule has 1 aromatic carbocycles. The van der Waals surface area contributed by atoms with E-state index >= 15 is 0 Å². The molecular weight excluding hydrogens is 282 g/mol. The molecule has 1 amide bonds. The van der Waals surface area contributed by atoms with E-state index in [0.29, 0.717) is 18.8 Å². The molecule has 0 radical (unpaired) electrons. The first-order chi connectivity index (χ1) is 10.6. The Hall–Kier alpha value is -2.50. The third-order valence-corrected chi connectivity index (χ3v) is 3.89. The number of benzene rings is 1. The van der Waals surface area contributed by atoms with Crippen LogP contribution in [0.25, 0.3) is 0 Å². The predicted octanol–water partition coefficient (Wildman–Crippen LogP) is 1.99. The van der Waals surface area contributed by atoms with Crippen molar-refractivity contribution in [1.82, 2.24) is 15.1 Å². The van der Waals surface area contributed by atoms with Gasteiger partial charge >= 0.3 is 0 Å². The lowest BCUT2D eigenvalue weighted by Gasteiger charge is -2.21. The van der Waals surface area contributed by atoms with Crippen molar-refractivity contribution in [3.8, 4) is 11.5 Å². The van der Waals surface area contributed by atoms with Crippen molar-refractivity contribution in [2.45, 2.75) is 19.9 Å². The highest BCUT2D eigenvalue weighted by atomic mass is 16.6. The number of carbonyl (C=O) groups is 1. The first-order valence-electron chi connectivity index (χ1n) is 7.25. The Labute approximate surface area is 129 Å². The molecule has 0 fully saturated rings. The number of hydrogen-bond donors (Lipinski definition) is 1. The fraction of sp³-hybridized carbons (Fsp3) is 0.375. The Bertz CT molecular complexity index is 709. The molecule has 1 aliphatic rings. The zero-order chi connectivity index (χ0) is 15.7. The topological polar surface area (TPSA) is 65.4 Å². The maximum Gasteiger partial charge on any atom is 0.255 e. The third-order valence-electron chi connectivity index (χ3n) is 3.89. The highest BCUT2D eigenvalue weighted by Crippen LogP contribution is 2.32. The standard InChI is InChI=1S/C16H19N3O3/c1-10(18-16(20)13-9-17-19(3)11(13)2)12-4-5-14-15(8-12)22-7-6-21-14/h4-5,8-10H,6-7H2,1-3H3,(H,18,20)/t10-/m0/s1. The minimum atomic E-state index is -0.136. The van der Waals surface area contributed by atoms with Crippen LogP contribution >= 0.6 is 0 Å². The Morgan fingerprint density at radius 3 is 2.73 bits per heavy atom. The molecule has 6 nitrogen and oxygen atoms in total. The molecule has 0 saturated heterocycles. The molecule has 0 unspecified atom stereocenters. The van der Waals surface area contributed by atoms with E-state index in [1.807, 2.05) is 39.1 Å². The summed E-state index contributed by atoms with van der Waals surface area (Å²) in [6, 6.07) is 5.59. The van der Waals surface area contributed by atoms with Crippen molar-refractivity contribution in [3.63, 3.8) is 0 Å². The smallest absolute Gasteiger partial charge is 0.255 e. The normalized spacial score (nSPS) is 14.5. The summed E-state index contributed by atoms with van der Waals surface area (Å²) < 4.78 is 12.8. The number of aromatic nitrogens is 2. The van der Waals surface area contributed by atoms with E-state index < -0.39 is 0 Å². The van der Waals surface area contributed by atoms with Gasteiger partial charge in [-0.25, -0.2) is 0 Å². The number of nitrogens with one attached hydrogen (secondary N) is 1. The molecule has 1 N–H and O–H groups in total. The summed E-state index contributed by atoms with van der Waals surface area (Å²) in [4.78, 5) is 12.3. The molecule has 0 spiro atoms. The van der Waals surface area contributed by atoms with Gasteiger partial charge in [0.1, 0.15) is 13.2 Å². The van der Waals surface area contributed by atoms with Crippen LogP contribution in [0.5, 0.6) is 11.5 Å². The number of ether oxygens (including phenoxy) is 2. The van der Waals surface area contributed by atoms with Crippen LogP contribution in [-0.4, -0.2) is 28.9 Å². The largest absolute Gasteiger partial charge is 0.486 e. The van der Waals surface area contributed by atoms with Gasteiger partial charge in [0.15, 0.2) is 11.5 Å². The van der Waals surface area contributed by atoms with Gasteiger partial charge in [-0.3, -0.25) is 9.48 Å². The van der Waals surface area contributed by atoms with Gasteiger partial charge in [0.05, 0.1) is 17.8 Å². The molecular formula is C16H19N3O3. The minimum Gasteiger partial charge on any atom is -0.486 e. The Balaban J connectivity index is 1.75. The lowest BCUT2D eigenvalue weighted by molar-refractivity contribution is 0.0939. The second-order valence-corrected chi connectivity index (χ2v) is 5.37. The highest BCUT2D eigenvalue weighted by molar-refractivity contribution is 5.95. The summed E-state index contributed by atoms with van der Waals surface area (Å²) in [5.41, 5.74) is 2.40. The number of hydrogen-bond acceptors (Lipinski definition) is 4. The maximum absolute atomic E-state index is 12.3. The van der Waals surface area contributed by atoms with Gasteiger partial charge in [0.2, 0.25) is 0 Å². The number of carbonyl (C=O) groups excluding carboxylic acids is 1. The number of rotatable bonds is 3. The summed E-state index contributed by atoms with van der Waals surface area (Å²) in [7, 11) is 1.82. The lowest BCUT2D eigenvalue weighted by atomic mass is 10.1. The predicted molar refractivity (Wildman–Crippen MR) is 81.3 cm³/mol. The quantitative estimate of drug-likeness (QED) is 0.941. The van der Waals surface area contributed by atoms with Crippen LogP contribution in [0, 0.1) is 6.92 Å². The molecule has 1 aliphatic heterocycles. The van der Waals surface area contributed by atoms with Gasteiger partial charge in [-0.05, 0) is 31.5 Å². The molecule has 6 heteroatoms. The average molecular weight is 301 g/mol. The Morgan fingerprint density at radius 2 is 2.05 bits per heavy atom. The molecule has 0 saturated carbocycles. The van der Waals surface area contributed by atoms with Gasteiger partial charge in [-0.15, -0.1) is 0 Å². The van der Waals surface area contributed by atoms with Crippen molar-refractivity contribution in [1.29, 1.82) is 0 Å². The zero-order valence-corrected chi connectivity index (χ0v) is 12.9. The number of amides is 1. The summed E-state index contributed by atoms with van der Waals surface area (Å²) in [5, 5.41) is 7.08. The zero-order valence-electron chi connectivity index (χ0n) is 12.9. The van der Waals surface area contributed by atoms with Crippen molar-refractivity contribution in [3.05, 3.63) is 41.2 Å². The second kappa shape index (κ2) is 5.71. The first-order valence-corrected chi connectivity index (χ1v) is 7.25. The molecule has 116 valence electrons. The van der Waals surface area contributed by atoms with E-state index in [-0.39, 0.29) is 11.9 Å². The molecule has 1 atom stereocenters. The van der Waals surface area contributed by atoms with E-state index in [0.717, 1.165) is 22.8 Å². The SMILES string of the molecule is Cc1c(C(=O)N[C@@H](C)c2ccc3c(c2)OCCO3)cnn1C.